The maximum absolute atomic E-state index is 12.2. The predicted octanol–water partition coefficient (Wildman–Crippen LogP) is 3.83. The standard InChI is InChI=1S/C19H19N3O3S/c1-12(23)20-19-22-15-9-7-13(11-17(15)26-19)8-10-18(24)21-14-5-3-4-6-16(14)25-2/h3-7,9,11H,8,10H2,1-2H3,(H,21,24)(H,20,22,23). The summed E-state index contributed by atoms with van der Waals surface area (Å²) in [6.45, 7) is 1.46. The second-order valence-electron chi connectivity index (χ2n) is 5.75. The smallest absolute Gasteiger partial charge is 0.224 e. The Morgan fingerprint density at radius 3 is 2.73 bits per heavy atom. The van der Waals surface area contributed by atoms with E-state index in [1.807, 2.05) is 36.4 Å². The number of methoxy groups -OCH3 is 1. The van der Waals surface area contributed by atoms with E-state index in [1.54, 1.807) is 13.2 Å². The fraction of sp³-hybridized carbons (Fsp3) is 0.211. The van der Waals surface area contributed by atoms with Crippen molar-refractivity contribution in [2.45, 2.75) is 19.8 Å². The second-order valence-corrected chi connectivity index (χ2v) is 6.78. The molecule has 0 atom stereocenters. The van der Waals surface area contributed by atoms with Crippen molar-refractivity contribution < 1.29 is 14.3 Å². The lowest BCUT2D eigenvalue weighted by Gasteiger charge is -2.09. The van der Waals surface area contributed by atoms with Gasteiger partial charge in [-0.25, -0.2) is 4.98 Å². The fourth-order valence-corrected chi connectivity index (χ4v) is 3.52. The highest BCUT2D eigenvalue weighted by molar-refractivity contribution is 7.22. The van der Waals surface area contributed by atoms with Gasteiger partial charge in [0.2, 0.25) is 11.8 Å². The number of hydrogen-bond acceptors (Lipinski definition) is 5. The zero-order chi connectivity index (χ0) is 18.5. The van der Waals surface area contributed by atoms with Gasteiger partial charge in [0.1, 0.15) is 5.75 Å². The van der Waals surface area contributed by atoms with Gasteiger partial charge >= 0.3 is 0 Å². The van der Waals surface area contributed by atoms with E-state index in [0.29, 0.717) is 29.4 Å². The highest BCUT2D eigenvalue weighted by Gasteiger charge is 2.09. The summed E-state index contributed by atoms with van der Waals surface area (Å²) in [6.07, 6.45) is 0.977. The number of ether oxygens (including phenoxy) is 1. The van der Waals surface area contributed by atoms with Crippen LogP contribution >= 0.6 is 11.3 Å². The minimum Gasteiger partial charge on any atom is -0.495 e. The molecule has 0 spiro atoms. The number of para-hydroxylation sites is 2. The van der Waals surface area contributed by atoms with E-state index in [0.717, 1.165) is 15.8 Å². The number of aryl methyl sites for hydroxylation is 1. The van der Waals surface area contributed by atoms with Gasteiger partial charge < -0.3 is 15.4 Å². The van der Waals surface area contributed by atoms with Crippen molar-refractivity contribution in [3.8, 4) is 5.75 Å². The lowest BCUT2D eigenvalue weighted by molar-refractivity contribution is -0.116. The van der Waals surface area contributed by atoms with Crippen LogP contribution in [-0.2, 0) is 16.0 Å². The number of aromatic nitrogens is 1. The molecule has 134 valence electrons. The molecule has 2 N–H and O–H groups in total. The summed E-state index contributed by atoms with van der Waals surface area (Å²) in [5.41, 5.74) is 2.55. The fourth-order valence-electron chi connectivity index (χ4n) is 2.55. The van der Waals surface area contributed by atoms with Gasteiger partial charge in [0.15, 0.2) is 5.13 Å². The summed E-state index contributed by atoms with van der Waals surface area (Å²) < 4.78 is 6.22. The van der Waals surface area contributed by atoms with Gasteiger partial charge in [0, 0.05) is 13.3 Å². The minimum atomic E-state index is -0.141. The molecule has 7 heteroatoms. The molecule has 0 bridgehead atoms. The van der Waals surface area contributed by atoms with E-state index in [2.05, 4.69) is 15.6 Å². The van der Waals surface area contributed by atoms with Crippen LogP contribution in [-0.4, -0.2) is 23.9 Å². The zero-order valence-corrected chi connectivity index (χ0v) is 15.4. The number of fused-ring (bicyclic) bond motifs is 1. The van der Waals surface area contributed by atoms with E-state index in [1.165, 1.54) is 18.3 Å². The van der Waals surface area contributed by atoms with Gasteiger partial charge in [-0.1, -0.05) is 29.5 Å². The molecule has 2 amide bonds. The van der Waals surface area contributed by atoms with E-state index >= 15 is 0 Å². The molecular formula is C19H19N3O3S. The number of benzene rings is 2. The lowest BCUT2D eigenvalue weighted by atomic mass is 10.1. The third-order valence-corrected chi connectivity index (χ3v) is 4.69. The number of carbonyl (C=O) groups is 2. The van der Waals surface area contributed by atoms with Crippen molar-refractivity contribution in [2.75, 3.05) is 17.7 Å². The van der Waals surface area contributed by atoms with Gasteiger partial charge in [0.25, 0.3) is 0 Å². The van der Waals surface area contributed by atoms with Crippen LogP contribution < -0.4 is 15.4 Å². The Morgan fingerprint density at radius 2 is 1.96 bits per heavy atom. The van der Waals surface area contributed by atoms with Crippen LogP contribution in [0.5, 0.6) is 5.75 Å². The SMILES string of the molecule is COc1ccccc1NC(=O)CCc1ccc2nc(NC(C)=O)sc2c1. The first kappa shape index (κ1) is 17.9. The molecule has 3 rings (SSSR count). The highest BCUT2D eigenvalue weighted by Crippen LogP contribution is 2.27. The number of nitrogens with one attached hydrogen (secondary N) is 2. The molecule has 0 fully saturated rings. The van der Waals surface area contributed by atoms with E-state index in [-0.39, 0.29) is 11.8 Å². The number of nitrogens with zero attached hydrogens (tertiary/aromatic N) is 1. The molecule has 0 unspecified atom stereocenters. The minimum absolute atomic E-state index is 0.0714. The molecule has 2 aromatic carbocycles. The third kappa shape index (κ3) is 4.37. The van der Waals surface area contributed by atoms with Crippen molar-refractivity contribution >= 4 is 44.2 Å². The van der Waals surface area contributed by atoms with Crippen LogP contribution in [0.2, 0.25) is 0 Å². The van der Waals surface area contributed by atoms with Crippen molar-refractivity contribution in [1.82, 2.24) is 4.98 Å². The molecule has 0 radical (unpaired) electrons. The monoisotopic (exact) mass is 369 g/mol. The molecule has 1 aromatic heterocycles. The Bertz CT molecular complexity index is 952. The predicted molar refractivity (Wildman–Crippen MR) is 104 cm³/mol. The maximum Gasteiger partial charge on any atom is 0.224 e. The third-order valence-electron chi connectivity index (χ3n) is 3.76. The van der Waals surface area contributed by atoms with Crippen LogP contribution in [0, 0.1) is 0 Å². The molecule has 0 saturated heterocycles. The van der Waals surface area contributed by atoms with Crippen LogP contribution in [0.1, 0.15) is 18.9 Å². The van der Waals surface area contributed by atoms with E-state index in [9.17, 15) is 9.59 Å². The number of hydrogen-bond donors (Lipinski definition) is 2. The summed E-state index contributed by atoms with van der Waals surface area (Å²) in [4.78, 5) is 27.7. The molecular weight excluding hydrogens is 350 g/mol. The van der Waals surface area contributed by atoms with Crippen molar-refractivity contribution in [2.24, 2.45) is 0 Å². The van der Waals surface area contributed by atoms with Gasteiger partial charge in [-0.3, -0.25) is 9.59 Å². The summed E-state index contributed by atoms with van der Waals surface area (Å²) in [7, 11) is 1.57. The number of amides is 2. The van der Waals surface area contributed by atoms with Crippen LogP contribution in [0.25, 0.3) is 10.2 Å². The normalized spacial score (nSPS) is 10.5. The Kier molecular flexibility index (Phi) is 5.48. The molecule has 3 aromatic rings. The summed E-state index contributed by atoms with van der Waals surface area (Å²) in [5.74, 6) is 0.424. The molecule has 0 aliphatic heterocycles. The molecule has 1 heterocycles. The molecule has 0 aliphatic carbocycles. The summed E-state index contributed by atoms with van der Waals surface area (Å²) in [5, 5.41) is 6.15. The number of anilines is 2. The molecule has 26 heavy (non-hydrogen) atoms. The topological polar surface area (TPSA) is 80.3 Å². The van der Waals surface area contributed by atoms with Gasteiger partial charge in [0.05, 0.1) is 23.0 Å². The first-order valence-corrected chi connectivity index (χ1v) is 8.97. The second kappa shape index (κ2) is 7.97. The lowest BCUT2D eigenvalue weighted by Crippen LogP contribution is -2.13. The van der Waals surface area contributed by atoms with Crippen molar-refractivity contribution in [3.05, 3.63) is 48.0 Å². The van der Waals surface area contributed by atoms with Crippen LogP contribution in [0.3, 0.4) is 0 Å². The Labute approximate surface area is 155 Å². The van der Waals surface area contributed by atoms with Gasteiger partial charge in [-0.2, -0.15) is 0 Å². The maximum atomic E-state index is 12.2. The van der Waals surface area contributed by atoms with Gasteiger partial charge in [-0.15, -0.1) is 0 Å². The van der Waals surface area contributed by atoms with Crippen molar-refractivity contribution in [1.29, 1.82) is 0 Å². The largest absolute Gasteiger partial charge is 0.495 e. The number of carbonyl (C=O) groups excluding carboxylic acids is 2. The van der Waals surface area contributed by atoms with E-state index < -0.39 is 0 Å². The van der Waals surface area contributed by atoms with Crippen molar-refractivity contribution in [3.63, 3.8) is 0 Å². The summed E-state index contributed by atoms with van der Waals surface area (Å²) in [6, 6.07) is 13.2. The van der Waals surface area contributed by atoms with Crippen LogP contribution in [0.15, 0.2) is 42.5 Å². The molecule has 6 nitrogen and oxygen atoms in total. The van der Waals surface area contributed by atoms with Crippen LogP contribution in [0.4, 0.5) is 10.8 Å². The quantitative estimate of drug-likeness (QED) is 0.692. The first-order chi connectivity index (χ1) is 12.5. The number of rotatable bonds is 6. The van der Waals surface area contributed by atoms with E-state index in [4.69, 9.17) is 4.74 Å². The first-order valence-electron chi connectivity index (χ1n) is 8.15. The average Bonchev–Trinajstić information content (AvgIpc) is 3.01. The Hall–Kier alpha value is -2.93. The number of thiazole rings is 1. The highest BCUT2D eigenvalue weighted by atomic mass is 32.1. The Morgan fingerprint density at radius 1 is 1.15 bits per heavy atom. The summed E-state index contributed by atoms with van der Waals surface area (Å²) >= 11 is 1.42. The Balaban J connectivity index is 1.63. The molecule has 0 aliphatic rings. The zero-order valence-electron chi connectivity index (χ0n) is 14.5. The average molecular weight is 369 g/mol. The molecule has 0 saturated carbocycles. The van der Waals surface area contributed by atoms with Gasteiger partial charge in [-0.05, 0) is 36.2 Å².